The SMILES string of the molecule is CCCCCCCCCCCCSC(=O)c1ccc(-c2ccccc2)cc1. The van der Waals surface area contributed by atoms with Crippen molar-refractivity contribution in [1.82, 2.24) is 0 Å². The maximum atomic E-state index is 12.3. The third-order valence-corrected chi connectivity index (χ3v) is 5.95. The second kappa shape index (κ2) is 13.6. The third kappa shape index (κ3) is 8.79. The minimum absolute atomic E-state index is 0.200. The van der Waals surface area contributed by atoms with Gasteiger partial charge in [-0.3, -0.25) is 4.79 Å². The summed E-state index contributed by atoms with van der Waals surface area (Å²) in [5.41, 5.74) is 3.16. The van der Waals surface area contributed by atoms with Crippen LogP contribution in [0.1, 0.15) is 81.5 Å². The smallest absolute Gasteiger partial charge is 0.219 e. The average molecular weight is 383 g/mol. The molecule has 0 unspecified atom stereocenters. The lowest BCUT2D eigenvalue weighted by Crippen LogP contribution is -1.95. The highest BCUT2D eigenvalue weighted by Crippen LogP contribution is 2.22. The second-order valence-electron chi connectivity index (χ2n) is 7.26. The summed E-state index contributed by atoms with van der Waals surface area (Å²) in [6.45, 7) is 2.27. The van der Waals surface area contributed by atoms with Crippen molar-refractivity contribution < 1.29 is 4.79 Å². The number of thioether (sulfide) groups is 1. The Bertz CT molecular complexity index is 633. The van der Waals surface area contributed by atoms with E-state index >= 15 is 0 Å². The monoisotopic (exact) mass is 382 g/mol. The molecule has 0 atom stereocenters. The van der Waals surface area contributed by atoms with E-state index in [4.69, 9.17) is 0 Å². The highest BCUT2D eigenvalue weighted by molar-refractivity contribution is 8.14. The molecule has 27 heavy (non-hydrogen) atoms. The van der Waals surface area contributed by atoms with E-state index < -0.39 is 0 Å². The minimum atomic E-state index is 0.200. The molecule has 0 bridgehead atoms. The summed E-state index contributed by atoms with van der Waals surface area (Å²) < 4.78 is 0. The van der Waals surface area contributed by atoms with Crippen LogP contribution in [0.15, 0.2) is 54.6 Å². The summed E-state index contributed by atoms with van der Waals surface area (Å²) in [5.74, 6) is 0.940. The molecule has 0 spiro atoms. The first kappa shape index (κ1) is 21.8. The second-order valence-corrected chi connectivity index (χ2v) is 8.33. The van der Waals surface area contributed by atoms with Gasteiger partial charge in [-0.2, -0.15) is 0 Å². The fourth-order valence-corrected chi connectivity index (χ4v) is 4.10. The normalized spacial score (nSPS) is 10.9. The summed E-state index contributed by atoms with van der Waals surface area (Å²) in [6, 6.07) is 18.3. The maximum absolute atomic E-state index is 12.3. The van der Waals surface area contributed by atoms with Crippen molar-refractivity contribution in [1.29, 1.82) is 0 Å². The average Bonchev–Trinajstić information content (AvgIpc) is 2.72. The van der Waals surface area contributed by atoms with Gasteiger partial charge in [0.25, 0.3) is 0 Å². The number of carbonyl (C=O) groups is 1. The van der Waals surface area contributed by atoms with Gasteiger partial charge in [0.05, 0.1) is 0 Å². The van der Waals surface area contributed by atoms with E-state index in [0.29, 0.717) is 0 Å². The molecule has 0 N–H and O–H groups in total. The first-order chi connectivity index (χ1) is 13.3. The molecule has 0 aliphatic rings. The van der Waals surface area contributed by atoms with Gasteiger partial charge in [0, 0.05) is 11.3 Å². The van der Waals surface area contributed by atoms with Gasteiger partial charge in [-0.1, -0.05) is 119 Å². The number of rotatable bonds is 13. The lowest BCUT2D eigenvalue weighted by atomic mass is 10.0. The molecule has 0 saturated carbocycles. The minimum Gasteiger partial charge on any atom is -0.282 e. The van der Waals surface area contributed by atoms with Crippen LogP contribution in [0.2, 0.25) is 0 Å². The Morgan fingerprint density at radius 1 is 0.667 bits per heavy atom. The van der Waals surface area contributed by atoms with Crippen LogP contribution in [0.25, 0.3) is 11.1 Å². The van der Waals surface area contributed by atoms with Gasteiger partial charge in [-0.05, 0) is 29.7 Å². The summed E-state index contributed by atoms with van der Waals surface area (Å²) >= 11 is 1.47. The fraction of sp³-hybridized carbons (Fsp3) is 0.480. The Morgan fingerprint density at radius 3 is 1.78 bits per heavy atom. The highest BCUT2D eigenvalue weighted by Gasteiger charge is 2.06. The number of hydrogen-bond donors (Lipinski definition) is 0. The number of hydrogen-bond acceptors (Lipinski definition) is 2. The van der Waals surface area contributed by atoms with E-state index in [1.807, 2.05) is 42.5 Å². The molecule has 146 valence electrons. The lowest BCUT2D eigenvalue weighted by Gasteiger charge is -2.05. The Balaban J connectivity index is 1.56. The van der Waals surface area contributed by atoms with Crippen molar-refractivity contribution in [3.63, 3.8) is 0 Å². The zero-order valence-corrected chi connectivity index (χ0v) is 17.6. The molecule has 1 nitrogen and oxygen atoms in total. The lowest BCUT2D eigenvalue weighted by molar-refractivity contribution is 0.108. The van der Waals surface area contributed by atoms with Gasteiger partial charge < -0.3 is 0 Å². The molecular weight excluding hydrogens is 348 g/mol. The van der Waals surface area contributed by atoms with Crippen molar-refractivity contribution in [3.8, 4) is 11.1 Å². The van der Waals surface area contributed by atoms with Gasteiger partial charge in [-0.15, -0.1) is 0 Å². The van der Waals surface area contributed by atoms with Crippen LogP contribution in [0, 0.1) is 0 Å². The van der Waals surface area contributed by atoms with Crippen molar-refractivity contribution in [2.45, 2.75) is 71.1 Å². The van der Waals surface area contributed by atoms with Gasteiger partial charge in [0.15, 0.2) is 0 Å². The Morgan fingerprint density at radius 2 is 1.19 bits per heavy atom. The van der Waals surface area contributed by atoms with Crippen molar-refractivity contribution in [3.05, 3.63) is 60.2 Å². The van der Waals surface area contributed by atoms with E-state index in [0.717, 1.165) is 23.3 Å². The molecule has 0 aliphatic carbocycles. The predicted molar refractivity (Wildman–Crippen MR) is 121 cm³/mol. The van der Waals surface area contributed by atoms with Gasteiger partial charge in [0.1, 0.15) is 0 Å². The van der Waals surface area contributed by atoms with Crippen LogP contribution < -0.4 is 0 Å². The van der Waals surface area contributed by atoms with Crippen LogP contribution >= 0.6 is 11.8 Å². The van der Waals surface area contributed by atoms with Crippen LogP contribution in [0.5, 0.6) is 0 Å². The number of unbranched alkanes of at least 4 members (excludes halogenated alkanes) is 9. The van der Waals surface area contributed by atoms with Crippen molar-refractivity contribution in [2.24, 2.45) is 0 Å². The van der Waals surface area contributed by atoms with Gasteiger partial charge in [0.2, 0.25) is 5.12 Å². The molecule has 2 aromatic rings. The molecule has 0 aromatic heterocycles. The first-order valence-corrected chi connectivity index (χ1v) is 11.6. The Kier molecular flexibility index (Phi) is 11.0. The van der Waals surface area contributed by atoms with Crippen LogP contribution in [0.4, 0.5) is 0 Å². The number of benzene rings is 2. The molecule has 0 amide bonds. The largest absolute Gasteiger partial charge is 0.282 e. The Labute approximate surface area is 170 Å². The fourth-order valence-electron chi connectivity index (χ4n) is 3.27. The molecule has 0 radical (unpaired) electrons. The maximum Gasteiger partial charge on any atom is 0.219 e. The van der Waals surface area contributed by atoms with E-state index in [2.05, 4.69) is 19.1 Å². The molecular formula is C25H34OS. The van der Waals surface area contributed by atoms with E-state index in [9.17, 15) is 4.79 Å². The van der Waals surface area contributed by atoms with Crippen molar-refractivity contribution in [2.75, 3.05) is 5.75 Å². The zero-order chi connectivity index (χ0) is 19.2. The van der Waals surface area contributed by atoms with Crippen molar-refractivity contribution >= 4 is 16.9 Å². The highest BCUT2D eigenvalue weighted by atomic mass is 32.2. The molecule has 2 heteroatoms. The number of carbonyl (C=O) groups excluding carboxylic acids is 1. The molecule has 0 saturated heterocycles. The van der Waals surface area contributed by atoms with Gasteiger partial charge >= 0.3 is 0 Å². The standard InChI is InChI=1S/C25H34OS/c1-2-3-4-5-6-7-8-9-10-14-21-27-25(26)24-19-17-23(18-20-24)22-15-12-11-13-16-22/h11-13,15-20H,2-10,14,21H2,1H3. The zero-order valence-electron chi connectivity index (χ0n) is 16.8. The molecule has 2 rings (SSSR count). The summed E-state index contributed by atoms with van der Waals surface area (Å²) in [5, 5.41) is 0.200. The summed E-state index contributed by atoms with van der Waals surface area (Å²) in [4.78, 5) is 12.3. The predicted octanol–water partition coefficient (Wildman–Crippen LogP) is 8.15. The topological polar surface area (TPSA) is 17.1 Å². The van der Waals surface area contributed by atoms with Crippen LogP contribution in [-0.2, 0) is 0 Å². The molecule has 0 heterocycles. The molecule has 0 aliphatic heterocycles. The quantitative estimate of drug-likeness (QED) is 0.325. The summed E-state index contributed by atoms with van der Waals surface area (Å²) in [6.07, 6.45) is 13.4. The van der Waals surface area contributed by atoms with Crippen LogP contribution in [-0.4, -0.2) is 10.9 Å². The van der Waals surface area contributed by atoms with Crippen LogP contribution in [0.3, 0.4) is 0 Å². The summed E-state index contributed by atoms with van der Waals surface area (Å²) in [7, 11) is 0. The molecule has 0 fully saturated rings. The third-order valence-electron chi connectivity index (χ3n) is 4.96. The van der Waals surface area contributed by atoms with E-state index in [1.54, 1.807) is 0 Å². The van der Waals surface area contributed by atoms with E-state index in [1.165, 1.54) is 75.1 Å². The Hall–Kier alpha value is -1.54. The first-order valence-electron chi connectivity index (χ1n) is 10.6. The molecule has 2 aromatic carbocycles. The van der Waals surface area contributed by atoms with Gasteiger partial charge in [-0.25, -0.2) is 0 Å². The van der Waals surface area contributed by atoms with E-state index in [-0.39, 0.29) is 5.12 Å².